The molecule has 0 N–H and O–H groups in total. The Kier molecular flexibility index (Phi) is 6.27. The average molecular weight is 298 g/mol. The molecule has 1 aromatic rings. The van der Waals surface area contributed by atoms with Crippen LogP contribution in [0.1, 0.15) is 36.0 Å². The molecule has 0 bridgehead atoms. The van der Waals surface area contributed by atoms with Crippen LogP contribution < -0.4 is 4.90 Å². The van der Waals surface area contributed by atoms with E-state index in [0.29, 0.717) is 6.42 Å². The van der Waals surface area contributed by atoms with E-state index < -0.39 is 0 Å². The maximum absolute atomic E-state index is 11.9. The van der Waals surface area contributed by atoms with Gasteiger partial charge in [0.05, 0.1) is 0 Å². The molecule has 1 rings (SSSR count). The van der Waals surface area contributed by atoms with Crippen LogP contribution in [-0.2, 0) is 0 Å². The first-order valence-electron chi connectivity index (χ1n) is 6.01. The smallest absolute Gasteiger partial charge is 0.162 e. The number of carbonyl (C=O) groups is 1. The number of rotatable bonds is 7. The van der Waals surface area contributed by atoms with E-state index in [0.717, 1.165) is 35.8 Å². The summed E-state index contributed by atoms with van der Waals surface area (Å²) in [6.07, 6.45) is 3.91. The molecule has 0 amide bonds. The number of nitrogens with zero attached hydrogens (tertiary/aromatic N) is 1. The van der Waals surface area contributed by atoms with Gasteiger partial charge in [-0.25, -0.2) is 0 Å². The second-order valence-electron chi connectivity index (χ2n) is 4.36. The van der Waals surface area contributed by atoms with Gasteiger partial charge in [0.15, 0.2) is 5.78 Å². The zero-order chi connectivity index (χ0) is 12.7. The highest BCUT2D eigenvalue weighted by Crippen LogP contribution is 2.14. The van der Waals surface area contributed by atoms with E-state index in [1.165, 1.54) is 0 Å². The van der Waals surface area contributed by atoms with Crippen molar-refractivity contribution in [2.24, 2.45) is 0 Å². The molecule has 0 spiro atoms. The van der Waals surface area contributed by atoms with Crippen molar-refractivity contribution < 1.29 is 4.79 Å². The van der Waals surface area contributed by atoms with Crippen molar-refractivity contribution in [1.29, 1.82) is 0 Å². The number of unbranched alkanes of at least 4 members (excludes halogenated alkanes) is 2. The van der Waals surface area contributed by atoms with Crippen LogP contribution in [0.25, 0.3) is 0 Å². The Balaban J connectivity index is 2.46. The number of ketones is 1. The summed E-state index contributed by atoms with van der Waals surface area (Å²) in [6.45, 7) is 0. The van der Waals surface area contributed by atoms with Gasteiger partial charge in [0.25, 0.3) is 0 Å². The number of halogens is 1. The minimum atomic E-state index is 0.255. The lowest BCUT2D eigenvalue weighted by Gasteiger charge is -2.12. The lowest BCUT2D eigenvalue weighted by atomic mass is 10.0. The molecule has 0 unspecified atom stereocenters. The third-order valence-electron chi connectivity index (χ3n) is 2.74. The van der Waals surface area contributed by atoms with E-state index in [1.807, 2.05) is 43.3 Å². The monoisotopic (exact) mass is 297 g/mol. The number of carbonyl (C=O) groups excluding carboxylic acids is 1. The van der Waals surface area contributed by atoms with Gasteiger partial charge < -0.3 is 4.90 Å². The fraction of sp³-hybridized carbons (Fsp3) is 0.500. The zero-order valence-electron chi connectivity index (χ0n) is 10.6. The SMILES string of the molecule is CN(C)c1ccc(C(=O)CCCCCBr)cc1. The maximum atomic E-state index is 11.9. The molecule has 0 radical (unpaired) electrons. The Labute approximate surface area is 112 Å². The van der Waals surface area contributed by atoms with Crippen LogP contribution in [0.3, 0.4) is 0 Å². The molecule has 94 valence electrons. The number of benzene rings is 1. The highest BCUT2D eigenvalue weighted by Gasteiger charge is 2.05. The quantitative estimate of drug-likeness (QED) is 0.432. The molecule has 0 aliphatic heterocycles. The number of anilines is 1. The second-order valence-corrected chi connectivity index (χ2v) is 5.16. The standard InChI is InChI=1S/C14H20BrNO/c1-16(2)13-9-7-12(8-10-13)14(17)6-4-3-5-11-15/h7-10H,3-6,11H2,1-2H3. The molecule has 17 heavy (non-hydrogen) atoms. The van der Waals surface area contributed by atoms with Crippen LogP contribution in [0.15, 0.2) is 24.3 Å². The van der Waals surface area contributed by atoms with E-state index in [2.05, 4.69) is 15.9 Å². The van der Waals surface area contributed by atoms with Crippen LogP contribution in [0.5, 0.6) is 0 Å². The molecule has 0 heterocycles. The van der Waals surface area contributed by atoms with Crippen LogP contribution in [0.4, 0.5) is 5.69 Å². The molecule has 3 heteroatoms. The molecule has 0 fully saturated rings. The molecular formula is C14H20BrNO. The molecule has 0 saturated heterocycles. The lowest BCUT2D eigenvalue weighted by molar-refractivity contribution is 0.0979. The predicted octanol–water partition coefficient (Wildman–Crippen LogP) is 3.89. The Morgan fingerprint density at radius 2 is 1.76 bits per heavy atom. The van der Waals surface area contributed by atoms with Gasteiger partial charge in [-0.05, 0) is 37.1 Å². The van der Waals surface area contributed by atoms with Crippen molar-refractivity contribution in [2.75, 3.05) is 24.3 Å². The summed E-state index contributed by atoms with van der Waals surface area (Å²) in [5.41, 5.74) is 1.95. The minimum Gasteiger partial charge on any atom is -0.378 e. The van der Waals surface area contributed by atoms with E-state index in [-0.39, 0.29) is 5.78 Å². The second kappa shape index (κ2) is 7.49. The number of alkyl halides is 1. The van der Waals surface area contributed by atoms with Crippen LogP contribution in [0.2, 0.25) is 0 Å². The summed E-state index contributed by atoms with van der Waals surface area (Å²) in [6, 6.07) is 7.82. The van der Waals surface area contributed by atoms with Crippen LogP contribution in [0, 0.1) is 0 Å². The van der Waals surface area contributed by atoms with Gasteiger partial charge in [0, 0.05) is 37.1 Å². The predicted molar refractivity (Wildman–Crippen MR) is 77.4 cm³/mol. The van der Waals surface area contributed by atoms with Crippen LogP contribution in [-0.4, -0.2) is 25.2 Å². The third kappa shape index (κ3) is 4.90. The molecule has 0 saturated carbocycles. The van der Waals surface area contributed by atoms with Gasteiger partial charge in [0.2, 0.25) is 0 Å². The molecule has 1 aromatic carbocycles. The molecule has 0 aliphatic carbocycles. The van der Waals surface area contributed by atoms with Crippen molar-refractivity contribution >= 4 is 27.4 Å². The van der Waals surface area contributed by atoms with Crippen molar-refractivity contribution in [3.05, 3.63) is 29.8 Å². The molecule has 0 aromatic heterocycles. The zero-order valence-corrected chi connectivity index (χ0v) is 12.2. The number of hydrogen-bond donors (Lipinski definition) is 0. The van der Waals surface area contributed by atoms with Gasteiger partial charge in [0.1, 0.15) is 0 Å². The van der Waals surface area contributed by atoms with E-state index in [1.54, 1.807) is 0 Å². The normalized spacial score (nSPS) is 10.3. The first kappa shape index (κ1) is 14.2. The third-order valence-corrected chi connectivity index (χ3v) is 3.30. The van der Waals surface area contributed by atoms with Crippen molar-refractivity contribution in [2.45, 2.75) is 25.7 Å². The van der Waals surface area contributed by atoms with Crippen LogP contribution >= 0.6 is 15.9 Å². The summed E-state index contributed by atoms with van der Waals surface area (Å²) < 4.78 is 0. The van der Waals surface area contributed by atoms with Crippen molar-refractivity contribution in [3.63, 3.8) is 0 Å². The first-order chi connectivity index (χ1) is 8.15. The van der Waals surface area contributed by atoms with Crippen molar-refractivity contribution in [1.82, 2.24) is 0 Å². The molecule has 0 aliphatic rings. The minimum absolute atomic E-state index is 0.255. The highest BCUT2D eigenvalue weighted by molar-refractivity contribution is 9.09. The summed E-state index contributed by atoms with van der Waals surface area (Å²) in [4.78, 5) is 13.9. The molecule has 0 atom stereocenters. The van der Waals surface area contributed by atoms with E-state index in [9.17, 15) is 4.79 Å². The summed E-state index contributed by atoms with van der Waals surface area (Å²) in [7, 11) is 3.99. The van der Waals surface area contributed by atoms with Crippen molar-refractivity contribution in [3.8, 4) is 0 Å². The molecule has 2 nitrogen and oxygen atoms in total. The Bertz CT molecular complexity index is 346. The fourth-order valence-corrected chi connectivity index (χ4v) is 2.04. The summed E-state index contributed by atoms with van der Waals surface area (Å²) in [5, 5.41) is 1.03. The topological polar surface area (TPSA) is 20.3 Å². The number of hydrogen-bond acceptors (Lipinski definition) is 2. The fourth-order valence-electron chi connectivity index (χ4n) is 1.65. The lowest BCUT2D eigenvalue weighted by Crippen LogP contribution is -2.08. The first-order valence-corrected chi connectivity index (χ1v) is 7.14. The molecular weight excluding hydrogens is 278 g/mol. The summed E-state index contributed by atoms with van der Waals surface area (Å²) in [5.74, 6) is 0.255. The van der Waals surface area contributed by atoms with E-state index in [4.69, 9.17) is 0 Å². The Morgan fingerprint density at radius 1 is 1.12 bits per heavy atom. The summed E-state index contributed by atoms with van der Waals surface area (Å²) >= 11 is 3.39. The van der Waals surface area contributed by atoms with Gasteiger partial charge >= 0.3 is 0 Å². The highest BCUT2D eigenvalue weighted by atomic mass is 79.9. The van der Waals surface area contributed by atoms with Gasteiger partial charge in [-0.2, -0.15) is 0 Å². The van der Waals surface area contributed by atoms with Gasteiger partial charge in [-0.15, -0.1) is 0 Å². The average Bonchev–Trinajstić information content (AvgIpc) is 2.34. The van der Waals surface area contributed by atoms with Gasteiger partial charge in [-0.1, -0.05) is 22.4 Å². The maximum Gasteiger partial charge on any atom is 0.162 e. The Hall–Kier alpha value is -0.830. The van der Waals surface area contributed by atoms with E-state index >= 15 is 0 Å². The van der Waals surface area contributed by atoms with Gasteiger partial charge in [-0.3, -0.25) is 4.79 Å². The number of Topliss-reactive ketones (excluding diaryl/α,β-unsaturated/α-hetero) is 1. The Morgan fingerprint density at radius 3 is 2.29 bits per heavy atom. The largest absolute Gasteiger partial charge is 0.378 e.